The lowest BCUT2D eigenvalue weighted by Gasteiger charge is -2.01. The van der Waals surface area contributed by atoms with Gasteiger partial charge in [-0.2, -0.15) is 0 Å². The van der Waals surface area contributed by atoms with Gasteiger partial charge in [-0.05, 0) is 18.1 Å². The molecule has 13 heavy (non-hydrogen) atoms. The summed E-state index contributed by atoms with van der Waals surface area (Å²) in [5.41, 5.74) is 3.56. The molecule has 0 spiro atoms. The molecular formula is C13H14. The third-order valence-corrected chi connectivity index (χ3v) is 1.90. The zero-order valence-electron chi connectivity index (χ0n) is 7.96. The van der Waals surface area contributed by atoms with Gasteiger partial charge in [0.05, 0.1) is 0 Å². The average molecular weight is 170 g/mol. The number of benzene rings is 1. The van der Waals surface area contributed by atoms with Crippen molar-refractivity contribution in [3.8, 4) is 0 Å². The third-order valence-electron chi connectivity index (χ3n) is 1.90. The van der Waals surface area contributed by atoms with Crippen molar-refractivity contribution in [2.45, 2.75) is 6.92 Å². The van der Waals surface area contributed by atoms with Gasteiger partial charge >= 0.3 is 0 Å². The van der Waals surface area contributed by atoms with Crippen LogP contribution < -0.4 is 0 Å². The highest BCUT2D eigenvalue weighted by atomic mass is 14.0. The fraction of sp³-hybridized carbons (Fsp3) is 0.0769. The van der Waals surface area contributed by atoms with Crippen LogP contribution in [0.1, 0.15) is 11.1 Å². The van der Waals surface area contributed by atoms with Gasteiger partial charge in [0.2, 0.25) is 0 Å². The summed E-state index contributed by atoms with van der Waals surface area (Å²) in [6.07, 6.45) is 5.57. The van der Waals surface area contributed by atoms with Gasteiger partial charge in [0.15, 0.2) is 0 Å². The average Bonchev–Trinajstić information content (AvgIpc) is 2.16. The summed E-state index contributed by atoms with van der Waals surface area (Å²) in [7, 11) is 0. The molecule has 1 rings (SSSR count). The number of aryl methyl sites for hydroxylation is 1. The molecule has 0 saturated carbocycles. The molecule has 0 amide bonds. The molecule has 0 bridgehead atoms. The number of hydrogen-bond acceptors (Lipinski definition) is 0. The van der Waals surface area contributed by atoms with E-state index in [1.165, 1.54) is 11.1 Å². The van der Waals surface area contributed by atoms with Gasteiger partial charge in [-0.3, -0.25) is 0 Å². The number of hydrogen-bond donors (Lipinski definition) is 0. The second kappa shape index (κ2) is 4.46. The lowest BCUT2D eigenvalue weighted by atomic mass is 10.0. The van der Waals surface area contributed by atoms with E-state index in [9.17, 15) is 0 Å². The van der Waals surface area contributed by atoms with E-state index in [4.69, 9.17) is 0 Å². The normalized spacial score (nSPS) is 11.0. The smallest absolute Gasteiger partial charge is 0.0184 e. The van der Waals surface area contributed by atoms with Crippen LogP contribution >= 0.6 is 0 Å². The lowest BCUT2D eigenvalue weighted by molar-refractivity contribution is 1.45. The fourth-order valence-electron chi connectivity index (χ4n) is 1.16. The molecule has 0 atom stereocenters. The van der Waals surface area contributed by atoms with Gasteiger partial charge < -0.3 is 0 Å². The van der Waals surface area contributed by atoms with E-state index in [1.54, 1.807) is 6.08 Å². The summed E-state index contributed by atoms with van der Waals surface area (Å²) in [5, 5.41) is 0. The zero-order valence-corrected chi connectivity index (χ0v) is 7.96. The van der Waals surface area contributed by atoms with Crippen LogP contribution in [-0.2, 0) is 0 Å². The molecule has 0 N–H and O–H groups in total. The van der Waals surface area contributed by atoms with Crippen molar-refractivity contribution in [2.75, 3.05) is 0 Å². The SMILES string of the molecule is C=C/C=C(\C=C)c1ccc(C)cc1. The van der Waals surface area contributed by atoms with Gasteiger partial charge in [-0.25, -0.2) is 0 Å². The van der Waals surface area contributed by atoms with Crippen molar-refractivity contribution >= 4 is 5.57 Å². The predicted octanol–water partition coefficient (Wildman–Crippen LogP) is 3.75. The number of allylic oxidation sites excluding steroid dienone is 4. The Kier molecular flexibility index (Phi) is 3.27. The van der Waals surface area contributed by atoms with Crippen LogP contribution in [0.15, 0.2) is 55.7 Å². The second-order valence-electron chi connectivity index (χ2n) is 2.93. The maximum Gasteiger partial charge on any atom is -0.0184 e. The van der Waals surface area contributed by atoms with Crippen LogP contribution in [-0.4, -0.2) is 0 Å². The van der Waals surface area contributed by atoms with Crippen molar-refractivity contribution in [3.63, 3.8) is 0 Å². The van der Waals surface area contributed by atoms with Crippen LogP contribution in [0.5, 0.6) is 0 Å². The standard InChI is InChI=1S/C13H14/c1-4-6-12(5-2)13-9-7-11(3)8-10-13/h4-10H,1-2H2,3H3/b12-6+. The van der Waals surface area contributed by atoms with Crippen molar-refractivity contribution in [1.82, 2.24) is 0 Å². The minimum atomic E-state index is 1.11. The van der Waals surface area contributed by atoms with Gasteiger partial charge in [-0.1, -0.05) is 61.2 Å². The summed E-state index contributed by atoms with van der Waals surface area (Å²) in [4.78, 5) is 0. The summed E-state index contributed by atoms with van der Waals surface area (Å²) >= 11 is 0. The van der Waals surface area contributed by atoms with E-state index in [-0.39, 0.29) is 0 Å². The van der Waals surface area contributed by atoms with Crippen molar-refractivity contribution in [1.29, 1.82) is 0 Å². The predicted molar refractivity (Wildman–Crippen MR) is 59.6 cm³/mol. The van der Waals surface area contributed by atoms with E-state index in [0.717, 1.165) is 5.57 Å². The summed E-state index contributed by atoms with van der Waals surface area (Å²) in [6, 6.07) is 8.37. The summed E-state index contributed by atoms with van der Waals surface area (Å²) in [6.45, 7) is 9.51. The first kappa shape index (κ1) is 9.53. The highest BCUT2D eigenvalue weighted by molar-refractivity contribution is 5.74. The molecule has 0 aromatic heterocycles. The van der Waals surface area contributed by atoms with E-state index in [1.807, 2.05) is 12.2 Å². The van der Waals surface area contributed by atoms with E-state index in [2.05, 4.69) is 44.3 Å². The molecule has 66 valence electrons. The van der Waals surface area contributed by atoms with Gasteiger partial charge in [0.1, 0.15) is 0 Å². The Bertz CT molecular complexity index is 326. The second-order valence-corrected chi connectivity index (χ2v) is 2.93. The van der Waals surface area contributed by atoms with Crippen molar-refractivity contribution in [3.05, 3.63) is 66.8 Å². The largest absolute Gasteiger partial charge is 0.0990 e. The first-order valence-electron chi connectivity index (χ1n) is 4.30. The quantitative estimate of drug-likeness (QED) is 0.606. The molecule has 0 aliphatic heterocycles. The van der Waals surface area contributed by atoms with Crippen LogP contribution in [0.4, 0.5) is 0 Å². The fourth-order valence-corrected chi connectivity index (χ4v) is 1.16. The van der Waals surface area contributed by atoms with Gasteiger partial charge in [0, 0.05) is 0 Å². The molecule has 1 aromatic rings. The Labute approximate surface area is 79.9 Å². The van der Waals surface area contributed by atoms with Gasteiger partial charge in [-0.15, -0.1) is 0 Å². The topological polar surface area (TPSA) is 0 Å². The van der Waals surface area contributed by atoms with E-state index in [0.29, 0.717) is 0 Å². The molecule has 0 nitrogen and oxygen atoms in total. The monoisotopic (exact) mass is 170 g/mol. The maximum atomic E-state index is 3.76. The first-order chi connectivity index (χ1) is 6.27. The van der Waals surface area contributed by atoms with Crippen LogP contribution in [0, 0.1) is 6.92 Å². The van der Waals surface area contributed by atoms with Crippen LogP contribution in [0.25, 0.3) is 5.57 Å². The number of rotatable bonds is 3. The summed E-state index contributed by atoms with van der Waals surface area (Å²) in [5.74, 6) is 0. The zero-order chi connectivity index (χ0) is 9.68. The lowest BCUT2D eigenvalue weighted by Crippen LogP contribution is -1.80. The first-order valence-corrected chi connectivity index (χ1v) is 4.30. The maximum absolute atomic E-state index is 3.76. The molecule has 0 aliphatic rings. The molecule has 1 aromatic carbocycles. The van der Waals surface area contributed by atoms with Crippen molar-refractivity contribution in [2.24, 2.45) is 0 Å². The van der Waals surface area contributed by atoms with E-state index >= 15 is 0 Å². The van der Waals surface area contributed by atoms with Crippen LogP contribution in [0.3, 0.4) is 0 Å². The Hall–Kier alpha value is -1.56. The highest BCUT2D eigenvalue weighted by Gasteiger charge is 1.94. The molecule has 0 heterocycles. The molecule has 0 unspecified atom stereocenters. The Morgan fingerprint density at radius 2 is 1.77 bits per heavy atom. The highest BCUT2D eigenvalue weighted by Crippen LogP contribution is 2.15. The van der Waals surface area contributed by atoms with Crippen LogP contribution in [0.2, 0.25) is 0 Å². The molecule has 0 aliphatic carbocycles. The minimum Gasteiger partial charge on any atom is -0.0990 e. The Morgan fingerprint density at radius 1 is 1.15 bits per heavy atom. The molecule has 0 fully saturated rings. The van der Waals surface area contributed by atoms with Crippen molar-refractivity contribution < 1.29 is 0 Å². The van der Waals surface area contributed by atoms with E-state index < -0.39 is 0 Å². The molecule has 0 saturated heterocycles. The third kappa shape index (κ3) is 2.45. The minimum absolute atomic E-state index is 1.11. The molecule has 0 heteroatoms. The Balaban J connectivity index is 3.06. The summed E-state index contributed by atoms with van der Waals surface area (Å²) < 4.78 is 0. The molecular weight excluding hydrogens is 156 g/mol. The van der Waals surface area contributed by atoms with Gasteiger partial charge in [0.25, 0.3) is 0 Å². The Morgan fingerprint density at radius 3 is 2.23 bits per heavy atom. The molecule has 0 radical (unpaired) electrons.